The average Bonchev–Trinajstić information content (AvgIpc) is 2.76. The van der Waals surface area contributed by atoms with Gasteiger partial charge in [-0.05, 0) is 32.4 Å². The van der Waals surface area contributed by atoms with Crippen molar-refractivity contribution in [2.24, 2.45) is 0 Å². The first-order valence-electron chi connectivity index (χ1n) is 5.69. The average molecular weight is 245 g/mol. The van der Waals surface area contributed by atoms with E-state index in [-0.39, 0.29) is 11.9 Å². The zero-order valence-corrected chi connectivity index (χ0v) is 10.6. The normalized spacial score (nSPS) is 12.2. The Balaban J connectivity index is 2.13. The summed E-state index contributed by atoms with van der Waals surface area (Å²) in [6, 6.07) is 3.66. The highest BCUT2D eigenvalue weighted by Crippen LogP contribution is 2.14. The number of pyridine rings is 1. The third-order valence-corrected chi connectivity index (χ3v) is 2.74. The van der Waals surface area contributed by atoms with Gasteiger partial charge >= 0.3 is 0 Å². The summed E-state index contributed by atoms with van der Waals surface area (Å²) >= 11 is 0. The number of nitrogens with one attached hydrogen (secondary N) is 2. The molecule has 2 aromatic rings. The lowest BCUT2D eigenvalue weighted by atomic mass is 10.1. The molecule has 0 spiro atoms. The highest BCUT2D eigenvalue weighted by atomic mass is 16.2. The summed E-state index contributed by atoms with van der Waals surface area (Å²) in [6.07, 6.45) is 1.71. The monoisotopic (exact) mass is 245 g/mol. The van der Waals surface area contributed by atoms with E-state index >= 15 is 0 Å². The van der Waals surface area contributed by atoms with E-state index in [1.54, 1.807) is 13.1 Å². The van der Waals surface area contributed by atoms with Gasteiger partial charge in [0.15, 0.2) is 5.69 Å². The van der Waals surface area contributed by atoms with Crippen molar-refractivity contribution in [2.75, 3.05) is 0 Å². The lowest BCUT2D eigenvalue weighted by molar-refractivity contribution is 0.0933. The van der Waals surface area contributed by atoms with E-state index in [1.807, 2.05) is 26.0 Å². The molecule has 0 unspecified atom stereocenters. The number of hydrogen-bond donors (Lipinski definition) is 2. The Morgan fingerprint density at radius 1 is 1.39 bits per heavy atom. The van der Waals surface area contributed by atoms with E-state index in [0.29, 0.717) is 11.4 Å². The molecule has 0 bridgehead atoms. The Morgan fingerprint density at radius 2 is 2.17 bits per heavy atom. The van der Waals surface area contributed by atoms with E-state index in [1.165, 1.54) is 0 Å². The standard InChI is InChI=1S/C12H15N5O/c1-7-5-4-6-13-10(7)8(2)14-12(18)11-9(3)15-17-16-11/h4-6,8H,1-3H3,(H,14,18)(H,15,16,17)/t8-/m1/s1. The van der Waals surface area contributed by atoms with Gasteiger partial charge in [0.05, 0.1) is 17.4 Å². The minimum atomic E-state index is -0.251. The Morgan fingerprint density at radius 3 is 2.78 bits per heavy atom. The summed E-state index contributed by atoms with van der Waals surface area (Å²) in [6.45, 7) is 5.59. The maximum absolute atomic E-state index is 12.0. The quantitative estimate of drug-likeness (QED) is 0.854. The van der Waals surface area contributed by atoms with Crippen molar-refractivity contribution in [1.82, 2.24) is 25.7 Å². The van der Waals surface area contributed by atoms with E-state index in [0.717, 1.165) is 11.3 Å². The first-order valence-corrected chi connectivity index (χ1v) is 5.69. The second kappa shape index (κ2) is 4.95. The van der Waals surface area contributed by atoms with Crippen molar-refractivity contribution < 1.29 is 4.79 Å². The molecule has 0 aliphatic carbocycles. The second-order valence-electron chi connectivity index (χ2n) is 4.16. The molecule has 0 saturated carbocycles. The number of nitrogens with zero attached hydrogens (tertiary/aromatic N) is 3. The summed E-state index contributed by atoms with van der Waals surface area (Å²) in [5, 5.41) is 12.9. The smallest absolute Gasteiger partial charge is 0.274 e. The molecule has 0 aliphatic rings. The molecular weight excluding hydrogens is 230 g/mol. The highest BCUT2D eigenvalue weighted by molar-refractivity contribution is 5.93. The molecule has 94 valence electrons. The first-order chi connectivity index (χ1) is 8.59. The third-order valence-electron chi connectivity index (χ3n) is 2.74. The number of hydrogen-bond acceptors (Lipinski definition) is 4. The molecule has 6 heteroatoms. The molecule has 2 aromatic heterocycles. The van der Waals surface area contributed by atoms with Crippen LogP contribution in [-0.2, 0) is 0 Å². The summed E-state index contributed by atoms with van der Waals surface area (Å²) in [7, 11) is 0. The topological polar surface area (TPSA) is 83.6 Å². The van der Waals surface area contributed by atoms with Gasteiger partial charge in [0, 0.05) is 6.20 Å². The largest absolute Gasteiger partial charge is 0.342 e. The molecule has 1 atom stereocenters. The fraction of sp³-hybridized carbons (Fsp3) is 0.333. The number of H-pyrrole nitrogens is 1. The van der Waals surface area contributed by atoms with Crippen LogP contribution in [0.3, 0.4) is 0 Å². The summed E-state index contributed by atoms with van der Waals surface area (Å²) in [4.78, 5) is 16.2. The highest BCUT2D eigenvalue weighted by Gasteiger charge is 2.17. The van der Waals surface area contributed by atoms with Crippen molar-refractivity contribution in [3.05, 3.63) is 41.0 Å². The minimum absolute atomic E-state index is 0.171. The number of carbonyl (C=O) groups excluding carboxylic acids is 1. The third kappa shape index (κ3) is 2.37. The van der Waals surface area contributed by atoms with Crippen LogP contribution >= 0.6 is 0 Å². The molecule has 0 aromatic carbocycles. The number of rotatable bonds is 3. The molecular formula is C12H15N5O. The lowest BCUT2D eigenvalue weighted by Crippen LogP contribution is -2.28. The Labute approximate surface area is 105 Å². The van der Waals surface area contributed by atoms with Gasteiger partial charge in [-0.25, -0.2) is 0 Å². The lowest BCUT2D eigenvalue weighted by Gasteiger charge is -2.14. The number of aryl methyl sites for hydroxylation is 2. The zero-order valence-electron chi connectivity index (χ0n) is 10.6. The first kappa shape index (κ1) is 12.2. The van der Waals surface area contributed by atoms with Crippen molar-refractivity contribution in [3.63, 3.8) is 0 Å². The minimum Gasteiger partial charge on any atom is -0.342 e. The molecule has 0 fully saturated rings. The van der Waals surface area contributed by atoms with E-state index in [4.69, 9.17) is 0 Å². The Hall–Kier alpha value is -2.24. The van der Waals surface area contributed by atoms with Crippen LogP contribution in [0.4, 0.5) is 0 Å². The number of aromatic nitrogens is 4. The second-order valence-corrected chi connectivity index (χ2v) is 4.16. The van der Waals surface area contributed by atoms with Crippen LogP contribution in [0, 0.1) is 13.8 Å². The molecule has 0 aliphatic heterocycles. The summed E-state index contributed by atoms with van der Waals surface area (Å²) in [5.41, 5.74) is 2.79. The maximum atomic E-state index is 12.0. The fourth-order valence-electron chi connectivity index (χ4n) is 1.78. The van der Waals surface area contributed by atoms with Gasteiger partial charge in [0.1, 0.15) is 0 Å². The van der Waals surface area contributed by atoms with Gasteiger partial charge in [-0.3, -0.25) is 9.78 Å². The molecule has 0 radical (unpaired) electrons. The van der Waals surface area contributed by atoms with Gasteiger partial charge in [0.2, 0.25) is 0 Å². The Bertz CT molecular complexity index is 563. The van der Waals surface area contributed by atoms with Crippen LogP contribution < -0.4 is 5.32 Å². The van der Waals surface area contributed by atoms with Gasteiger partial charge in [-0.15, -0.1) is 0 Å². The maximum Gasteiger partial charge on any atom is 0.274 e. The number of aromatic amines is 1. The van der Waals surface area contributed by atoms with Gasteiger partial charge in [-0.1, -0.05) is 6.07 Å². The Kier molecular flexibility index (Phi) is 3.36. The SMILES string of the molecule is Cc1cccnc1[C@@H](C)NC(=O)c1n[nH]nc1C. The predicted molar refractivity (Wildman–Crippen MR) is 66.0 cm³/mol. The molecule has 6 nitrogen and oxygen atoms in total. The number of carbonyl (C=O) groups is 1. The van der Waals surface area contributed by atoms with Crippen LogP contribution in [0.1, 0.15) is 40.4 Å². The molecule has 1 amide bonds. The fourth-order valence-corrected chi connectivity index (χ4v) is 1.78. The van der Waals surface area contributed by atoms with Crippen LogP contribution in [0.15, 0.2) is 18.3 Å². The van der Waals surface area contributed by atoms with E-state index < -0.39 is 0 Å². The van der Waals surface area contributed by atoms with Crippen LogP contribution in [0.25, 0.3) is 0 Å². The number of amides is 1. The molecule has 2 N–H and O–H groups in total. The molecule has 0 saturated heterocycles. The van der Waals surface area contributed by atoms with Crippen LogP contribution in [0.5, 0.6) is 0 Å². The van der Waals surface area contributed by atoms with Crippen LogP contribution in [-0.4, -0.2) is 26.3 Å². The van der Waals surface area contributed by atoms with Crippen molar-refractivity contribution in [1.29, 1.82) is 0 Å². The van der Waals surface area contributed by atoms with Crippen LogP contribution in [0.2, 0.25) is 0 Å². The molecule has 2 heterocycles. The molecule has 2 rings (SSSR count). The van der Waals surface area contributed by atoms with Gasteiger partial charge in [-0.2, -0.15) is 15.4 Å². The van der Waals surface area contributed by atoms with Crippen molar-refractivity contribution >= 4 is 5.91 Å². The zero-order chi connectivity index (χ0) is 13.1. The van der Waals surface area contributed by atoms with Gasteiger partial charge < -0.3 is 5.32 Å². The van der Waals surface area contributed by atoms with Crippen molar-refractivity contribution in [2.45, 2.75) is 26.8 Å². The summed E-state index contributed by atoms with van der Waals surface area (Å²) in [5.74, 6) is -0.251. The van der Waals surface area contributed by atoms with E-state index in [9.17, 15) is 4.79 Å². The predicted octanol–water partition coefficient (Wildman–Crippen LogP) is 1.31. The van der Waals surface area contributed by atoms with Gasteiger partial charge in [0.25, 0.3) is 5.91 Å². The van der Waals surface area contributed by atoms with Crippen molar-refractivity contribution in [3.8, 4) is 0 Å². The summed E-state index contributed by atoms with van der Waals surface area (Å²) < 4.78 is 0. The van der Waals surface area contributed by atoms with E-state index in [2.05, 4.69) is 25.7 Å². The molecule has 18 heavy (non-hydrogen) atoms.